The van der Waals surface area contributed by atoms with Crippen molar-refractivity contribution in [3.8, 4) is 11.5 Å². The Labute approximate surface area is 120 Å². The van der Waals surface area contributed by atoms with E-state index >= 15 is 0 Å². The number of aromatic nitrogens is 5. The lowest BCUT2D eigenvalue weighted by molar-refractivity contribution is 0.955. The fourth-order valence-electron chi connectivity index (χ4n) is 1.67. The lowest BCUT2D eigenvalue weighted by atomic mass is 10.3. The predicted molar refractivity (Wildman–Crippen MR) is 76.2 cm³/mol. The van der Waals surface area contributed by atoms with Crippen LogP contribution in [0.5, 0.6) is 0 Å². The van der Waals surface area contributed by atoms with Gasteiger partial charge < -0.3 is 5.32 Å². The molecule has 0 atom stereocenters. The van der Waals surface area contributed by atoms with Gasteiger partial charge in [-0.25, -0.2) is 15.0 Å². The standard InChI is InChI=1S/C13H11ClN6/c14-9-1-3-10(4-2-9)16-7-12-18-13(20-19-12)11-5-6-15-8-17-11/h1-6,8,16H,7H2,(H,18,19,20). The van der Waals surface area contributed by atoms with Crippen LogP contribution in [0, 0.1) is 0 Å². The molecule has 0 fully saturated rings. The molecule has 1 aromatic carbocycles. The lowest BCUT2D eigenvalue weighted by Crippen LogP contribution is -2.01. The number of anilines is 1. The monoisotopic (exact) mass is 286 g/mol. The van der Waals surface area contributed by atoms with E-state index in [0.29, 0.717) is 23.1 Å². The van der Waals surface area contributed by atoms with Gasteiger partial charge in [0.2, 0.25) is 0 Å². The highest BCUT2D eigenvalue weighted by molar-refractivity contribution is 6.30. The number of nitrogens with one attached hydrogen (secondary N) is 2. The molecule has 0 bridgehead atoms. The highest BCUT2D eigenvalue weighted by atomic mass is 35.5. The van der Waals surface area contributed by atoms with Gasteiger partial charge in [-0.15, -0.1) is 0 Å². The van der Waals surface area contributed by atoms with E-state index in [1.165, 1.54) is 6.33 Å². The number of aromatic amines is 1. The minimum atomic E-state index is 0.541. The van der Waals surface area contributed by atoms with Crippen molar-refractivity contribution in [1.29, 1.82) is 0 Å². The molecule has 2 heterocycles. The second-order valence-corrected chi connectivity index (χ2v) is 4.50. The van der Waals surface area contributed by atoms with Crippen molar-refractivity contribution < 1.29 is 0 Å². The average Bonchev–Trinajstić information content (AvgIpc) is 2.97. The normalized spacial score (nSPS) is 10.4. The highest BCUT2D eigenvalue weighted by Crippen LogP contribution is 2.14. The van der Waals surface area contributed by atoms with E-state index < -0.39 is 0 Å². The van der Waals surface area contributed by atoms with E-state index in [0.717, 1.165) is 11.5 Å². The van der Waals surface area contributed by atoms with Crippen LogP contribution in [0.15, 0.2) is 42.9 Å². The third-order valence-corrected chi connectivity index (χ3v) is 2.90. The topological polar surface area (TPSA) is 79.4 Å². The molecule has 0 spiro atoms. The number of nitrogens with zero attached hydrogens (tertiary/aromatic N) is 4. The second kappa shape index (κ2) is 5.66. The number of benzene rings is 1. The summed E-state index contributed by atoms with van der Waals surface area (Å²) in [5.41, 5.74) is 1.66. The van der Waals surface area contributed by atoms with Gasteiger partial charge in [-0.1, -0.05) is 11.6 Å². The van der Waals surface area contributed by atoms with Crippen LogP contribution in [0.3, 0.4) is 0 Å². The van der Waals surface area contributed by atoms with Gasteiger partial charge in [0.05, 0.1) is 6.54 Å². The zero-order valence-electron chi connectivity index (χ0n) is 10.4. The average molecular weight is 287 g/mol. The van der Waals surface area contributed by atoms with Crippen LogP contribution >= 0.6 is 11.6 Å². The minimum absolute atomic E-state index is 0.541. The highest BCUT2D eigenvalue weighted by Gasteiger charge is 2.06. The molecule has 0 aliphatic heterocycles. The number of H-pyrrole nitrogens is 1. The Morgan fingerprint density at radius 3 is 2.75 bits per heavy atom. The Morgan fingerprint density at radius 2 is 2.00 bits per heavy atom. The first-order valence-electron chi connectivity index (χ1n) is 5.98. The van der Waals surface area contributed by atoms with Crippen LogP contribution in [-0.4, -0.2) is 25.1 Å². The van der Waals surface area contributed by atoms with Gasteiger partial charge in [-0.3, -0.25) is 5.10 Å². The molecule has 6 nitrogen and oxygen atoms in total. The number of hydrogen-bond donors (Lipinski definition) is 2. The van der Waals surface area contributed by atoms with Gasteiger partial charge in [0.1, 0.15) is 17.8 Å². The summed E-state index contributed by atoms with van der Waals surface area (Å²) in [5.74, 6) is 1.29. The van der Waals surface area contributed by atoms with Crippen molar-refractivity contribution >= 4 is 17.3 Å². The van der Waals surface area contributed by atoms with Crippen LogP contribution < -0.4 is 5.32 Å². The van der Waals surface area contributed by atoms with Gasteiger partial charge in [-0.05, 0) is 30.3 Å². The zero-order valence-corrected chi connectivity index (χ0v) is 11.2. The fourth-order valence-corrected chi connectivity index (χ4v) is 1.79. The van der Waals surface area contributed by atoms with Crippen molar-refractivity contribution in [3.05, 3.63) is 53.7 Å². The van der Waals surface area contributed by atoms with E-state index in [-0.39, 0.29) is 0 Å². The molecular weight excluding hydrogens is 276 g/mol. The van der Waals surface area contributed by atoms with Gasteiger partial charge >= 0.3 is 0 Å². The molecule has 0 aliphatic rings. The molecule has 0 radical (unpaired) electrons. The summed E-state index contributed by atoms with van der Waals surface area (Å²) in [6.07, 6.45) is 3.13. The summed E-state index contributed by atoms with van der Waals surface area (Å²) in [6.45, 7) is 0.541. The van der Waals surface area contributed by atoms with Gasteiger partial charge in [0.25, 0.3) is 0 Å². The third kappa shape index (κ3) is 2.92. The maximum Gasteiger partial charge on any atom is 0.199 e. The first-order valence-corrected chi connectivity index (χ1v) is 6.36. The van der Waals surface area contributed by atoms with E-state index in [9.17, 15) is 0 Å². The van der Waals surface area contributed by atoms with Crippen LogP contribution in [0.1, 0.15) is 5.82 Å². The van der Waals surface area contributed by atoms with E-state index in [1.54, 1.807) is 12.3 Å². The summed E-state index contributed by atoms with van der Waals surface area (Å²) in [4.78, 5) is 12.3. The summed E-state index contributed by atoms with van der Waals surface area (Å²) in [6, 6.07) is 9.24. The number of rotatable bonds is 4. The molecule has 0 amide bonds. The smallest absolute Gasteiger partial charge is 0.199 e. The van der Waals surface area contributed by atoms with E-state index in [1.807, 2.05) is 24.3 Å². The molecule has 0 aliphatic carbocycles. The van der Waals surface area contributed by atoms with E-state index in [4.69, 9.17) is 11.6 Å². The molecule has 0 saturated heterocycles. The van der Waals surface area contributed by atoms with Crippen LogP contribution in [0.2, 0.25) is 5.02 Å². The Hall–Kier alpha value is -2.47. The van der Waals surface area contributed by atoms with Crippen LogP contribution in [-0.2, 0) is 6.54 Å². The van der Waals surface area contributed by atoms with Crippen molar-refractivity contribution in [2.75, 3.05) is 5.32 Å². The van der Waals surface area contributed by atoms with Crippen molar-refractivity contribution in [1.82, 2.24) is 25.1 Å². The van der Waals surface area contributed by atoms with Gasteiger partial charge in [0.15, 0.2) is 5.82 Å². The first-order chi connectivity index (χ1) is 9.81. The molecule has 2 aromatic heterocycles. The summed E-state index contributed by atoms with van der Waals surface area (Å²) >= 11 is 5.83. The van der Waals surface area contributed by atoms with E-state index in [2.05, 4.69) is 30.5 Å². The summed E-state index contributed by atoms with van der Waals surface area (Å²) in [7, 11) is 0. The quantitative estimate of drug-likeness (QED) is 0.770. The van der Waals surface area contributed by atoms with Gasteiger partial charge in [0, 0.05) is 16.9 Å². The van der Waals surface area contributed by atoms with Crippen molar-refractivity contribution in [2.24, 2.45) is 0 Å². The molecule has 100 valence electrons. The maximum atomic E-state index is 5.83. The largest absolute Gasteiger partial charge is 0.378 e. The molecule has 0 unspecified atom stereocenters. The van der Waals surface area contributed by atoms with Crippen LogP contribution in [0.25, 0.3) is 11.5 Å². The maximum absolute atomic E-state index is 5.83. The fraction of sp³-hybridized carbons (Fsp3) is 0.0769. The third-order valence-electron chi connectivity index (χ3n) is 2.65. The predicted octanol–water partition coefficient (Wildman–Crippen LogP) is 2.53. The zero-order chi connectivity index (χ0) is 13.8. The van der Waals surface area contributed by atoms with Crippen molar-refractivity contribution in [3.63, 3.8) is 0 Å². The summed E-state index contributed by atoms with van der Waals surface area (Å²) < 4.78 is 0. The van der Waals surface area contributed by atoms with Gasteiger partial charge in [-0.2, -0.15) is 5.10 Å². The molecule has 2 N–H and O–H groups in total. The molecule has 3 aromatic rings. The molecule has 3 rings (SSSR count). The lowest BCUT2D eigenvalue weighted by Gasteiger charge is -2.03. The molecular formula is C13H11ClN6. The first kappa shape index (κ1) is 12.6. The number of hydrogen-bond acceptors (Lipinski definition) is 5. The SMILES string of the molecule is Clc1ccc(NCc2nc(-c3ccncn3)n[nH]2)cc1. The molecule has 20 heavy (non-hydrogen) atoms. The second-order valence-electron chi connectivity index (χ2n) is 4.06. The molecule has 0 saturated carbocycles. The number of halogens is 1. The molecule has 7 heteroatoms. The minimum Gasteiger partial charge on any atom is -0.378 e. The van der Waals surface area contributed by atoms with Crippen LogP contribution in [0.4, 0.5) is 5.69 Å². The van der Waals surface area contributed by atoms with Crippen molar-refractivity contribution in [2.45, 2.75) is 6.54 Å². The Balaban J connectivity index is 1.67. The Morgan fingerprint density at radius 1 is 1.15 bits per heavy atom. The summed E-state index contributed by atoms with van der Waals surface area (Å²) in [5, 5.41) is 10.9. The Kier molecular flexibility index (Phi) is 3.56. The Bertz CT molecular complexity index is 680.